The number of benzene rings is 1. The molecule has 1 aromatic carbocycles. The molecule has 6 nitrogen and oxygen atoms in total. The number of anilines is 2. The van der Waals surface area contributed by atoms with E-state index in [4.69, 9.17) is 21.4 Å². The molecular formula is C13H12ClF3N3O3P. The Kier molecular flexibility index (Phi) is 5.19. The number of aryl methyl sites for hydroxylation is 1. The summed E-state index contributed by atoms with van der Waals surface area (Å²) in [4.78, 5) is 25.0. The number of rotatable bonds is 4. The van der Waals surface area contributed by atoms with Gasteiger partial charge >= 0.3 is 13.8 Å². The summed E-state index contributed by atoms with van der Waals surface area (Å²) in [6.07, 6.45) is -4.47. The third-order valence-corrected chi connectivity index (χ3v) is 4.04. The zero-order valence-corrected chi connectivity index (χ0v) is 13.8. The molecule has 24 heavy (non-hydrogen) atoms. The van der Waals surface area contributed by atoms with Crippen LogP contribution in [0, 0.1) is 6.92 Å². The van der Waals surface area contributed by atoms with Gasteiger partial charge in [-0.3, -0.25) is 4.57 Å². The smallest absolute Gasteiger partial charge is 0.324 e. The van der Waals surface area contributed by atoms with Crippen molar-refractivity contribution >= 4 is 30.8 Å². The Balaban J connectivity index is 2.23. The summed E-state index contributed by atoms with van der Waals surface area (Å²) in [7, 11) is -4.19. The molecule has 0 saturated carbocycles. The van der Waals surface area contributed by atoms with Gasteiger partial charge in [0.2, 0.25) is 5.95 Å². The predicted octanol–water partition coefficient (Wildman–Crippen LogP) is 3.88. The molecule has 0 fully saturated rings. The number of halogens is 4. The fourth-order valence-corrected chi connectivity index (χ4v) is 2.84. The number of nitrogens with one attached hydrogen (secondary N) is 1. The molecule has 1 aromatic heterocycles. The van der Waals surface area contributed by atoms with Crippen molar-refractivity contribution < 1.29 is 27.5 Å². The van der Waals surface area contributed by atoms with Crippen molar-refractivity contribution in [1.82, 2.24) is 9.97 Å². The molecule has 0 unspecified atom stereocenters. The lowest BCUT2D eigenvalue weighted by Gasteiger charge is -2.12. The highest BCUT2D eigenvalue weighted by Crippen LogP contribution is 2.39. The van der Waals surface area contributed by atoms with E-state index in [9.17, 15) is 17.7 Å². The Morgan fingerprint density at radius 3 is 2.50 bits per heavy atom. The zero-order chi connectivity index (χ0) is 18.1. The normalized spacial score (nSPS) is 12.3. The third kappa shape index (κ3) is 4.91. The maximum Gasteiger partial charge on any atom is 0.420 e. The minimum atomic E-state index is -4.64. The largest absolute Gasteiger partial charge is 0.420 e. The van der Waals surface area contributed by atoms with Gasteiger partial charge in [-0.25, -0.2) is 9.97 Å². The van der Waals surface area contributed by atoms with E-state index < -0.39 is 30.7 Å². The molecule has 0 aliphatic rings. The highest BCUT2D eigenvalue weighted by molar-refractivity contribution is 7.50. The van der Waals surface area contributed by atoms with Gasteiger partial charge in [-0.2, -0.15) is 13.2 Å². The quantitative estimate of drug-likeness (QED) is 0.549. The van der Waals surface area contributed by atoms with Crippen LogP contribution in [-0.2, 0) is 16.9 Å². The fourth-order valence-electron chi connectivity index (χ4n) is 1.93. The Hall–Kier alpha value is -1.67. The first kappa shape index (κ1) is 18.7. The van der Waals surface area contributed by atoms with Gasteiger partial charge in [0, 0.05) is 11.9 Å². The van der Waals surface area contributed by atoms with Crippen LogP contribution in [0.3, 0.4) is 0 Å². The van der Waals surface area contributed by atoms with Crippen LogP contribution < -0.4 is 5.32 Å². The van der Waals surface area contributed by atoms with E-state index in [1.807, 2.05) is 0 Å². The second-order valence-electron chi connectivity index (χ2n) is 4.99. The van der Waals surface area contributed by atoms with Crippen molar-refractivity contribution in [2.45, 2.75) is 19.3 Å². The molecule has 130 valence electrons. The SMILES string of the molecule is Cc1cc(CP(=O)(O)O)ccc1Nc1ncc(C(F)(F)F)c(Cl)n1. The van der Waals surface area contributed by atoms with Crippen LogP contribution in [0.15, 0.2) is 24.4 Å². The summed E-state index contributed by atoms with van der Waals surface area (Å²) in [5.74, 6) is -0.126. The van der Waals surface area contributed by atoms with E-state index in [-0.39, 0.29) is 5.95 Å². The molecule has 0 radical (unpaired) electrons. The molecule has 0 amide bonds. The van der Waals surface area contributed by atoms with Gasteiger partial charge in [0.25, 0.3) is 0 Å². The third-order valence-electron chi connectivity index (χ3n) is 2.97. The Labute approximate surface area is 139 Å². The average molecular weight is 382 g/mol. The molecule has 0 saturated heterocycles. The first-order chi connectivity index (χ1) is 11.0. The van der Waals surface area contributed by atoms with Crippen LogP contribution in [0.5, 0.6) is 0 Å². The number of hydrogen-bond acceptors (Lipinski definition) is 4. The van der Waals surface area contributed by atoms with E-state index in [0.29, 0.717) is 23.0 Å². The van der Waals surface area contributed by atoms with Crippen LogP contribution in [0.2, 0.25) is 5.15 Å². The predicted molar refractivity (Wildman–Crippen MR) is 82.3 cm³/mol. The van der Waals surface area contributed by atoms with Gasteiger partial charge in [-0.05, 0) is 24.1 Å². The second-order valence-corrected chi connectivity index (χ2v) is 7.00. The summed E-state index contributed by atoms with van der Waals surface area (Å²) < 4.78 is 48.8. The van der Waals surface area contributed by atoms with Crippen molar-refractivity contribution in [2.24, 2.45) is 0 Å². The Morgan fingerprint density at radius 2 is 2.00 bits per heavy atom. The Bertz CT molecular complexity index is 811. The van der Waals surface area contributed by atoms with Crippen LogP contribution in [0.4, 0.5) is 24.8 Å². The van der Waals surface area contributed by atoms with Crippen LogP contribution >= 0.6 is 19.2 Å². The topological polar surface area (TPSA) is 95.3 Å². The van der Waals surface area contributed by atoms with Crippen molar-refractivity contribution in [1.29, 1.82) is 0 Å². The summed E-state index contributed by atoms with van der Waals surface area (Å²) in [5.41, 5.74) is 0.377. The summed E-state index contributed by atoms with van der Waals surface area (Å²) in [5, 5.41) is 1.99. The molecule has 2 aromatic rings. The number of alkyl halides is 3. The molecule has 3 N–H and O–H groups in total. The van der Waals surface area contributed by atoms with Gasteiger partial charge in [0.1, 0.15) is 10.7 Å². The summed E-state index contributed by atoms with van der Waals surface area (Å²) in [6, 6.07) is 4.56. The molecule has 0 aliphatic heterocycles. The molecule has 0 spiro atoms. The lowest BCUT2D eigenvalue weighted by atomic mass is 10.1. The van der Waals surface area contributed by atoms with Crippen LogP contribution in [0.1, 0.15) is 16.7 Å². The lowest BCUT2D eigenvalue weighted by molar-refractivity contribution is -0.137. The maximum absolute atomic E-state index is 12.6. The fraction of sp³-hybridized carbons (Fsp3) is 0.231. The van der Waals surface area contributed by atoms with Gasteiger partial charge in [-0.1, -0.05) is 23.7 Å². The van der Waals surface area contributed by atoms with E-state index in [1.165, 1.54) is 12.1 Å². The van der Waals surface area contributed by atoms with E-state index in [0.717, 1.165) is 0 Å². The lowest BCUT2D eigenvalue weighted by Crippen LogP contribution is -2.09. The van der Waals surface area contributed by atoms with E-state index in [1.54, 1.807) is 13.0 Å². The molecular weight excluding hydrogens is 370 g/mol. The number of hydrogen-bond donors (Lipinski definition) is 3. The highest BCUT2D eigenvalue weighted by Gasteiger charge is 2.34. The van der Waals surface area contributed by atoms with Crippen LogP contribution in [-0.4, -0.2) is 19.8 Å². The molecule has 1 heterocycles. The standard InChI is InChI=1S/C13H12ClF3N3O3P/c1-7-4-8(6-24(21,22)23)2-3-10(7)19-12-18-5-9(11(14)20-12)13(15,16)17/h2-5H,6H2,1H3,(H,18,19,20)(H2,21,22,23). The van der Waals surface area contributed by atoms with Crippen molar-refractivity contribution in [2.75, 3.05) is 5.32 Å². The first-order valence-corrected chi connectivity index (χ1v) is 8.64. The van der Waals surface area contributed by atoms with Crippen molar-refractivity contribution in [3.05, 3.63) is 46.2 Å². The number of aromatic nitrogens is 2. The first-order valence-electron chi connectivity index (χ1n) is 6.46. The highest BCUT2D eigenvalue weighted by atomic mass is 35.5. The van der Waals surface area contributed by atoms with Gasteiger partial charge < -0.3 is 15.1 Å². The average Bonchev–Trinajstić information content (AvgIpc) is 2.38. The molecule has 0 atom stereocenters. The zero-order valence-electron chi connectivity index (χ0n) is 12.2. The van der Waals surface area contributed by atoms with Crippen molar-refractivity contribution in [3.63, 3.8) is 0 Å². The molecule has 0 bridgehead atoms. The maximum atomic E-state index is 12.6. The molecule has 11 heteroatoms. The summed E-state index contributed by atoms with van der Waals surface area (Å²) in [6.45, 7) is 1.66. The second kappa shape index (κ2) is 6.68. The minimum absolute atomic E-state index is 0.126. The van der Waals surface area contributed by atoms with Gasteiger partial charge in [-0.15, -0.1) is 0 Å². The number of nitrogens with zero attached hydrogens (tertiary/aromatic N) is 2. The van der Waals surface area contributed by atoms with Crippen LogP contribution in [0.25, 0.3) is 0 Å². The monoisotopic (exact) mass is 381 g/mol. The minimum Gasteiger partial charge on any atom is -0.324 e. The summed E-state index contributed by atoms with van der Waals surface area (Å²) >= 11 is 5.52. The van der Waals surface area contributed by atoms with Crippen molar-refractivity contribution in [3.8, 4) is 0 Å². The van der Waals surface area contributed by atoms with E-state index in [2.05, 4.69) is 15.3 Å². The Morgan fingerprint density at radius 1 is 1.33 bits per heavy atom. The van der Waals surface area contributed by atoms with E-state index >= 15 is 0 Å². The molecule has 2 rings (SSSR count). The van der Waals surface area contributed by atoms with Gasteiger partial charge in [0.15, 0.2) is 0 Å². The van der Waals surface area contributed by atoms with Gasteiger partial charge in [0.05, 0.1) is 6.16 Å². The molecule has 0 aliphatic carbocycles.